The standard InChI is InChI=1S/C10H19/c1-5-7-9-10(3,4)8-6-2/h5,7H,2,6,8-9H2,1,3-4H3/b7-5+. The van der Waals surface area contributed by atoms with Crippen molar-refractivity contribution < 1.29 is 0 Å². The van der Waals surface area contributed by atoms with E-state index in [-0.39, 0.29) is 0 Å². The van der Waals surface area contributed by atoms with Crippen molar-refractivity contribution in [3.63, 3.8) is 0 Å². The number of rotatable bonds is 4. The van der Waals surface area contributed by atoms with Gasteiger partial charge in [0.05, 0.1) is 0 Å². The van der Waals surface area contributed by atoms with E-state index in [0.29, 0.717) is 5.41 Å². The number of hydrogen-bond donors (Lipinski definition) is 0. The molecule has 0 atom stereocenters. The van der Waals surface area contributed by atoms with Crippen molar-refractivity contribution in [1.82, 2.24) is 0 Å². The van der Waals surface area contributed by atoms with Crippen LogP contribution in [0.1, 0.15) is 40.0 Å². The third-order valence-electron chi connectivity index (χ3n) is 1.76. The van der Waals surface area contributed by atoms with Gasteiger partial charge in [0.1, 0.15) is 0 Å². The fourth-order valence-electron chi connectivity index (χ4n) is 1.02. The van der Waals surface area contributed by atoms with Crippen molar-refractivity contribution in [2.75, 3.05) is 0 Å². The van der Waals surface area contributed by atoms with E-state index >= 15 is 0 Å². The Kier molecular flexibility index (Phi) is 4.42. The molecule has 0 unspecified atom stereocenters. The highest BCUT2D eigenvalue weighted by Crippen LogP contribution is 2.26. The summed E-state index contributed by atoms with van der Waals surface area (Å²) in [4.78, 5) is 0. The summed E-state index contributed by atoms with van der Waals surface area (Å²) < 4.78 is 0. The SMILES string of the molecule is [CH2]CCC(C)(C)C/C=C/C. The van der Waals surface area contributed by atoms with Gasteiger partial charge in [-0.3, -0.25) is 0 Å². The molecule has 0 nitrogen and oxygen atoms in total. The van der Waals surface area contributed by atoms with E-state index in [9.17, 15) is 0 Å². The van der Waals surface area contributed by atoms with E-state index < -0.39 is 0 Å². The molecule has 0 rings (SSSR count). The molecule has 59 valence electrons. The lowest BCUT2D eigenvalue weighted by atomic mass is 9.85. The summed E-state index contributed by atoms with van der Waals surface area (Å²) in [5.74, 6) is 0. The lowest BCUT2D eigenvalue weighted by molar-refractivity contribution is 0.342. The molecule has 0 amide bonds. The summed E-state index contributed by atoms with van der Waals surface area (Å²) in [6.07, 6.45) is 7.79. The van der Waals surface area contributed by atoms with Gasteiger partial charge in [0.2, 0.25) is 0 Å². The maximum atomic E-state index is 3.85. The van der Waals surface area contributed by atoms with Crippen molar-refractivity contribution in [2.45, 2.75) is 40.0 Å². The minimum Gasteiger partial charge on any atom is -0.0916 e. The van der Waals surface area contributed by atoms with Crippen LogP contribution in [0.2, 0.25) is 0 Å². The van der Waals surface area contributed by atoms with Gasteiger partial charge in [0, 0.05) is 0 Å². The van der Waals surface area contributed by atoms with Crippen molar-refractivity contribution >= 4 is 0 Å². The Morgan fingerprint density at radius 1 is 1.40 bits per heavy atom. The zero-order chi connectivity index (χ0) is 8.04. The van der Waals surface area contributed by atoms with Crippen LogP contribution in [0.3, 0.4) is 0 Å². The molecule has 0 bridgehead atoms. The van der Waals surface area contributed by atoms with E-state index in [2.05, 4.69) is 39.8 Å². The number of allylic oxidation sites excluding steroid dienone is 2. The predicted octanol–water partition coefficient (Wildman–Crippen LogP) is 3.59. The molecule has 0 saturated heterocycles. The van der Waals surface area contributed by atoms with Crippen LogP contribution >= 0.6 is 0 Å². The van der Waals surface area contributed by atoms with Crippen molar-refractivity contribution in [3.8, 4) is 0 Å². The average molecular weight is 139 g/mol. The van der Waals surface area contributed by atoms with E-state index in [4.69, 9.17) is 0 Å². The van der Waals surface area contributed by atoms with Crippen LogP contribution in [0.4, 0.5) is 0 Å². The summed E-state index contributed by atoms with van der Waals surface area (Å²) in [6, 6.07) is 0. The maximum Gasteiger partial charge on any atom is -0.0299 e. The van der Waals surface area contributed by atoms with Gasteiger partial charge in [0.25, 0.3) is 0 Å². The smallest absolute Gasteiger partial charge is 0.0299 e. The Hall–Kier alpha value is -0.260. The summed E-state index contributed by atoms with van der Waals surface area (Å²) in [5.41, 5.74) is 0.453. The lowest BCUT2D eigenvalue weighted by Gasteiger charge is -2.21. The molecule has 0 aromatic heterocycles. The molecule has 0 aromatic rings. The molecule has 0 N–H and O–H groups in total. The van der Waals surface area contributed by atoms with Crippen molar-refractivity contribution in [3.05, 3.63) is 19.1 Å². The fraction of sp³-hybridized carbons (Fsp3) is 0.700. The normalized spacial score (nSPS) is 12.8. The topological polar surface area (TPSA) is 0 Å². The van der Waals surface area contributed by atoms with Crippen LogP contribution in [0, 0.1) is 12.3 Å². The second kappa shape index (κ2) is 4.54. The van der Waals surface area contributed by atoms with Crippen molar-refractivity contribution in [2.24, 2.45) is 5.41 Å². The van der Waals surface area contributed by atoms with Gasteiger partial charge in [-0.15, -0.1) is 0 Å². The quantitative estimate of drug-likeness (QED) is 0.522. The monoisotopic (exact) mass is 139 g/mol. The molecule has 10 heavy (non-hydrogen) atoms. The molecular formula is C10H19. The number of hydrogen-bond acceptors (Lipinski definition) is 0. The van der Waals surface area contributed by atoms with E-state index in [1.165, 1.54) is 12.8 Å². The van der Waals surface area contributed by atoms with Crippen LogP contribution in [0.25, 0.3) is 0 Å². The van der Waals surface area contributed by atoms with E-state index in [1.54, 1.807) is 0 Å². The molecule has 0 spiro atoms. The lowest BCUT2D eigenvalue weighted by Crippen LogP contribution is -2.08. The molecule has 0 heteroatoms. The minimum absolute atomic E-state index is 0.453. The summed E-state index contributed by atoms with van der Waals surface area (Å²) in [7, 11) is 0. The minimum atomic E-state index is 0.453. The average Bonchev–Trinajstić information content (AvgIpc) is 1.84. The van der Waals surface area contributed by atoms with Gasteiger partial charge in [-0.05, 0) is 25.2 Å². The molecule has 0 aromatic carbocycles. The van der Waals surface area contributed by atoms with Crippen LogP contribution in [-0.2, 0) is 0 Å². The first-order chi connectivity index (χ1) is 4.62. The fourth-order valence-corrected chi connectivity index (χ4v) is 1.02. The Bertz CT molecular complexity index is 98.6. The molecule has 0 aliphatic rings. The second-order valence-corrected chi connectivity index (χ2v) is 3.54. The Labute approximate surface area is 65.3 Å². The molecular weight excluding hydrogens is 120 g/mol. The zero-order valence-electron chi connectivity index (χ0n) is 7.48. The van der Waals surface area contributed by atoms with Gasteiger partial charge in [-0.2, -0.15) is 0 Å². The first-order valence-electron chi connectivity index (χ1n) is 4.03. The van der Waals surface area contributed by atoms with Crippen LogP contribution in [-0.4, -0.2) is 0 Å². The molecule has 0 heterocycles. The summed E-state index contributed by atoms with van der Waals surface area (Å²) >= 11 is 0. The maximum absolute atomic E-state index is 3.85. The van der Waals surface area contributed by atoms with Gasteiger partial charge in [-0.1, -0.05) is 39.3 Å². The third-order valence-corrected chi connectivity index (χ3v) is 1.76. The summed E-state index contributed by atoms with van der Waals surface area (Å²) in [5, 5.41) is 0. The van der Waals surface area contributed by atoms with E-state index in [0.717, 1.165) is 6.42 Å². The van der Waals surface area contributed by atoms with Gasteiger partial charge in [-0.25, -0.2) is 0 Å². The first kappa shape index (κ1) is 9.74. The Morgan fingerprint density at radius 3 is 2.40 bits per heavy atom. The Balaban J connectivity index is 3.62. The van der Waals surface area contributed by atoms with Crippen LogP contribution in [0.15, 0.2) is 12.2 Å². The molecule has 0 fully saturated rings. The highest BCUT2D eigenvalue weighted by molar-refractivity contribution is 4.84. The molecule has 0 aliphatic carbocycles. The second-order valence-electron chi connectivity index (χ2n) is 3.54. The third kappa shape index (κ3) is 4.60. The molecule has 1 radical (unpaired) electrons. The zero-order valence-corrected chi connectivity index (χ0v) is 7.48. The summed E-state index contributed by atoms with van der Waals surface area (Å²) in [6.45, 7) is 10.5. The predicted molar refractivity (Wildman–Crippen MR) is 47.8 cm³/mol. The van der Waals surface area contributed by atoms with Crippen LogP contribution in [0.5, 0.6) is 0 Å². The van der Waals surface area contributed by atoms with Gasteiger partial charge in [0.15, 0.2) is 0 Å². The van der Waals surface area contributed by atoms with E-state index in [1.807, 2.05) is 0 Å². The molecule has 0 aliphatic heterocycles. The highest BCUT2D eigenvalue weighted by Gasteiger charge is 2.13. The van der Waals surface area contributed by atoms with Gasteiger partial charge < -0.3 is 0 Å². The highest BCUT2D eigenvalue weighted by atomic mass is 14.2. The first-order valence-corrected chi connectivity index (χ1v) is 4.03. The van der Waals surface area contributed by atoms with Gasteiger partial charge >= 0.3 is 0 Å². The largest absolute Gasteiger partial charge is 0.0916 e. The Morgan fingerprint density at radius 2 is 2.00 bits per heavy atom. The van der Waals surface area contributed by atoms with Crippen LogP contribution < -0.4 is 0 Å². The molecule has 0 saturated carbocycles. The van der Waals surface area contributed by atoms with Crippen molar-refractivity contribution in [1.29, 1.82) is 0 Å².